The molecule has 1 aromatic carbocycles. The highest BCUT2D eigenvalue weighted by atomic mass is 16.5. The highest BCUT2D eigenvalue weighted by Gasteiger charge is 2.31. The minimum absolute atomic E-state index is 0.0543. The first-order valence-electron chi connectivity index (χ1n) is 9.77. The Bertz CT molecular complexity index is 596. The van der Waals surface area contributed by atoms with Gasteiger partial charge in [0.25, 0.3) is 0 Å². The van der Waals surface area contributed by atoms with E-state index >= 15 is 0 Å². The van der Waals surface area contributed by atoms with Crippen molar-refractivity contribution >= 4 is 6.03 Å². The molecule has 2 amide bonds. The van der Waals surface area contributed by atoms with Crippen LogP contribution in [-0.2, 0) is 6.54 Å². The zero-order valence-electron chi connectivity index (χ0n) is 15.0. The molecule has 1 aliphatic carbocycles. The number of urea groups is 1. The molecular formula is C20H29N3O2. The van der Waals surface area contributed by atoms with Crippen molar-refractivity contribution in [3.8, 4) is 5.75 Å². The van der Waals surface area contributed by atoms with Gasteiger partial charge in [0.2, 0.25) is 0 Å². The quantitative estimate of drug-likeness (QED) is 0.864. The largest absolute Gasteiger partial charge is 0.493 e. The molecule has 0 bridgehead atoms. The summed E-state index contributed by atoms with van der Waals surface area (Å²) in [6, 6.07) is 8.66. The summed E-state index contributed by atoms with van der Waals surface area (Å²) in [4.78, 5) is 17.0. The van der Waals surface area contributed by atoms with Crippen LogP contribution >= 0.6 is 0 Å². The Morgan fingerprint density at radius 1 is 1.12 bits per heavy atom. The molecule has 5 heteroatoms. The normalized spacial score (nSPS) is 23.8. The van der Waals surface area contributed by atoms with Crippen LogP contribution in [0, 0.1) is 5.92 Å². The Balaban J connectivity index is 1.27. The van der Waals surface area contributed by atoms with Crippen molar-refractivity contribution in [3.05, 3.63) is 29.8 Å². The average Bonchev–Trinajstić information content (AvgIpc) is 3.11. The van der Waals surface area contributed by atoms with Crippen molar-refractivity contribution in [3.63, 3.8) is 0 Å². The Hall–Kier alpha value is -1.75. The second kappa shape index (κ2) is 7.65. The summed E-state index contributed by atoms with van der Waals surface area (Å²) in [6.45, 7) is 5.47. The predicted molar refractivity (Wildman–Crippen MR) is 97.7 cm³/mol. The Morgan fingerprint density at radius 2 is 1.92 bits per heavy atom. The van der Waals surface area contributed by atoms with Crippen molar-refractivity contribution in [1.82, 2.24) is 15.1 Å². The van der Waals surface area contributed by atoms with Crippen LogP contribution < -0.4 is 10.1 Å². The molecule has 0 spiro atoms. The van der Waals surface area contributed by atoms with E-state index < -0.39 is 0 Å². The number of carbonyl (C=O) groups excluding carboxylic acids is 1. The minimum Gasteiger partial charge on any atom is -0.493 e. The lowest BCUT2D eigenvalue weighted by molar-refractivity contribution is 0.198. The lowest BCUT2D eigenvalue weighted by Gasteiger charge is -2.23. The van der Waals surface area contributed by atoms with Gasteiger partial charge in [0.1, 0.15) is 5.75 Å². The van der Waals surface area contributed by atoms with Crippen LogP contribution in [0.15, 0.2) is 24.3 Å². The molecule has 0 unspecified atom stereocenters. The fraction of sp³-hybridized carbons (Fsp3) is 0.650. The van der Waals surface area contributed by atoms with E-state index in [1.165, 1.54) is 38.8 Å². The van der Waals surface area contributed by atoms with Crippen molar-refractivity contribution in [2.45, 2.75) is 44.7 Å². The van der Waals surface area contributed by atoms with E-state index in [4.69, 9.17) is 4.74 Å². The lowest BCUT2D eigenvalue weighted by atomic mass is 10.2. The van der Waals surface area contributed by atoms with Crippen LogP contribution in [0.1, 0.15) is 37.7 Å². The zero-order chi connectivity index (χ0) is 17.1. The molecule has 1 N–H and O–H groups in total. The summed E-state index contributed by atoms with van der Waals surface area (Å²) < 4.78 is 5.93. The molecule has 2 aliphatic heterocycles. The number of ether oxygens (including phenoxy) is 1. The lowest BCUT2D eigenvalue weighted by Crippen LogP contribution is -2.41. The van der Waals surface area contributed by atoms with Gasteiger partial charge in [-0.05, 0) is 57.2 Å². The second-order valence-corrected chi connectivity index (χ2v) is 7.65. The summed E-state index contributed by atoms with van der Waals surface area (Å²) in [5, 5.41) is 3.08. The van der Waals surface area contributed by atoms with Crippen molar-refractivity contribution in [2.24, 2.45) is 5.92 Å². The third-order valence-corrected chi connectivity index (χ3v) is 5.68. The monoisotopic (exact) mass is 343 g/mol. The molecular weight excluding hydrogens is 314 g/mol. The van der Waals surface area contributed by atoms with Gasteiger partial charge < -0.3 is 15.0 Å². The van der Waals surface area contributed by atoms with Crippen LogP contribution in [0.5, 0.6) is 5.75 Å². The summed E-state index contributed by atoms with van der Waals surface area (Å²) >= 11 is 0. The number of nitrogens with one attached hydrogen (secondary N) is 1. The van der Waals surface area contributed by atoms with Gasteiger partial charge in [0.05, 0.1) is 6.61 Å². The summed E-state index contributed by atoms with van der Waals surface area (Å²) in [5.74, 6) is 1.64. The molecule has 4 rings (SSSR count). The first-order valence-corrected chi connectivity index (χ1v) is 9.77. The number of likely N-dealkylation sites (tertiary alicyclic amines) is 2. The van der Waals surface area contributed by atoms with Gasteiger partial charge in [-0.15, -0.1) is 0 Å². The summed E-state index contributed by atoms with van der Waals surface area (Å²) in [6.07, 6.45) is 6.28. The highest BCUT2D eigenvalue weighted by molar-refractivity contribution is 5.74. The standard InChI is InChI=1S/C20H29N3O2/c24-20(23-12-9-18(14-23)22-10-3-4-11-22)21-13-17-5-1-2-6-19(17)25-15-16-7-8-16/h1-2,5-6,16,18H,3-4,7-15H2,(H,21,24)/t18-/m1/s1. The molecule has 3 aliphatic rings. The molecule has 5 nitrogen and oxygen atoms in total. The molecule has 25 heavy (non-hydrogen) atoms. The fourth-order valence-electron chi connectivity index (χ4n) is 3.90. The van der Waals surface area contributed by atoms with Gasteiger partial charge in [-0.25, -0.2) is 4.79 Å². The van der Waals surface area contributed by atoms with Gasteiger partial charge in [-0.1, -0.05) is 18.2 Å². The van der Waals surface area contributed by atoms with Gasteiger partial charge in [0.15, 0.2) is 0 Å². The van der Waals surface area contributed by atoms with E-state index in [0.29, 0.717) is 12.6 Å². The van der Waals surface area contributed by atoms with E-state index in [2.05, 4.69) is 10.2 Å². The van der Waals surface area contributed by atoms with Crippen LogP contribution in [0.4, 0.5) is 4.79 Å². The molecule has 0 radical (unpaired) electrons. The van der Waals surface area contributed by atoms with Crippen LogP contribution in [-0.4, -0.2) is 54.7 Å². The maximum atomic E-state index is 12.5. The second-order valence-electron chi connectivity index (χ2n) is 7.65. The van der Waals surface area contributed by atoms with Gasteiger partial charge in [-0.2, -0.15) is 0 Å². The van der Waals surface area contributed by atoms with Crippen molar-refractivity contribution in [2.75, 3.05) is 32.8 Å². The van der Waals surface area contributed by atoms with E-state index in [-0.39, 0.29) is 6.03 Å². The molecule has 136 valence electrons. The fourth-order valence-corrected chi connectivity index (χ4v) is 3.90. The smallest absolute Gasteiger partial charge is 0.317 e. The van der Waals surface area contributed by atoms with E-state index in [9.17, 15) is 4.79 Å². The highest BCUT2D eigenvalue weighted by Crippen LogP contribution is 2.30. The van der Waals surface area contributed by atoms with Crippen LogP contribution in [0.3, 0.4) is 0 Å². The third-order valence-electron chi connectivity index (χ3n) is 5.68. The number of carbonyl (C=O) groups is 1. The molecule has 2 heterocycles. The van der Waals surface area contributed by atoms with Crippen molar-refractivity contribution < 1.29 is 9.53 Å². The molecule has 1 aromatic rings. The average molecular weight is 343 g/mol. The summed E-state index contributed by atoms with van der Waals surface area (Å²) in [7, 11) is 0. The molecule has 2 saturated heterocycles. The number of hydrogen-bond acceptors (Lipinski definition) is 3. The van der Waals surface area contributed by atoms with Crippen LogP contribution in [0.25, 0.3) is 0 Å². The first-order chi connectivity index (χ1) is 12.3. The Morgan fingerprint density at radius 3 is 2.72 bits per heavy atom. The predicted octanol–water partition coefficient (Wildman–Crippen LogP) is 2.86. The van der Waals surface area contributed by atoms with Crippen LogP contribution in [0.2, 0.25) is 0 Å². The van der Waals surface area contributed by atoms with Gasteiger partial charge >= 0.3 is 6.03 Å². The van der Waals surface area contributed by atoms with E-state index in [1.807, 2.05) is 29.2 Å². The Labute approximate surface area is 150 Å². The molecule has 1 saturated carbocycles. The number of rotatable bonds is 6. The third kappa shape index (κ3) is 4.27. The number of amides is 2. The Kier molecular flexibility index (Phi) is 5.11. The topological polar surface area (TPSA) is 44.8 Å². The first kappa shape index (κ1) is 16.7. The zero-order valence-corrected chi connectivity index (χ0v) is 15.0. The SMILES string of the molecule is O=C(NCc1ccccc1OCC1CC1)N1CC[C@@H](N2CCCC2)C1. The minimum atomic E-state index is 0.0543. The number of nitrogens with zero attached hydrogens (tertiary/aromatic N) is 2. The van der Waals surface area contributed by atoms with Crippen molar-refractivity contribution in [1.29, 1.82) is 0 Å². The maximum Gasteiger partial charge on any atom is 0.317 e. The summed E-state index contributed by atoms with van der Waals surface area (Å²) in [5.41, 5.74) is 1.06. The molecule has 1 atom stereocenters. The number of hydrogen-bond donors (Lipinski definition) is 1. The molecule has 3 fully saturated rings. The van der Waals surface area contributed by atoms with Gasteiger partial charge in [0, 0.05) is 31.2 Å². The molecule has 0 aromatic heterocycles. The van der Waals surface area contributed by atoms with E-state index in [1.54, 1.807) is 0 Å². The van der Waals surface area contributed by atoms with Gasteiger partial charge in [-0.3, -0.25) is 4.90 Å². The number of para-hydroxylation sites is 1. The maximum absolute atomic E-state index is 12.5. The van der Waals surface area contributed by atoms with E-state index in [0.717, 1.165) is 43.3 Å². The number of benzene rings is 1.